The second kappa shape index (κ2) is 5.87. The van der Waals surface area contributed by atoms with Gasteiger partial charge in [0, 0.05) is 6.61 Å². The summed E-state index contributed by atoms with van der Waals surface area (Å²) in [6.07, 6.45) is 0.932. The summed E-state index contributed by atoms with van der Waals surface area (Å²) in [5.74, 6) is -0.886. The number of thioether (sulfide) groups is 1. The van der Waals surface area contributed by atoms with Gasteiger partial charge in [0.1, 0.15) is 0 Å². The van der Waals surface area contributed by atoms with Crippen LogP contribution in [0.3, 0.4) is 0 Å². The maximum absolute atomic E-state index is 10.8. The average Bonchev–Trinajstić information content (AvgIpc) is 3.00. The fraction of sp³-hybridized carbons (Fsp3) is 0.429. The molecule has 1 N–H and O–H groups in total. The third kappa shape index (κ3) is 2.75. The number of ether oxygens (including phenoxy) is 1. The van der Waals surface area contributed by atoms with Crippen molar-refractivity contribution in [3.8, 4) is 0 Å². The normalized spacial score (nSPS) is 22.0. The summed E-state index contributed by atoms with van der Waals surface area (Å²) >= 11 is 7.55. The minimum Gasteiger partial charge on any atom is -0.481 e. The summed E-state index contributed by atoms with van der Waals surface area (Å²) in [5, 5.41) is 10.2. The van der Waals surface area contributed by atoms with Gasteiger partial charge >= 0.3 is 5.97 Å². The van der Waals surface area contributed by atoms with Gasteiger partial charge in [-0.3, -0.25) is 4.79 Å². The predicted octanol–water partition coefficient (Wildman–Crippen LogP) is 3.22. The highest BCUT2D eigenvalue weighted by Gasteiger charge is 2.30. The summed E-state index contributed by atoms with van der Waals surface area (Å²) in [6.45, 7) is 2.71. The number of imidazole rings is 1. The lowest BCUT2D eigenvalue weighted by molar-refractivity contribution is -0.133. The van der Waals surface area contributed by atoms with Gasteiger partial charge in [-0.15, -0.1) is 0 Å². The van der Waals surface area contributed by atoms with Crippen LogP contribution in [-0.2, 0) is 9.53 Å². The molecule has 2 atom stereocenters. The van der Waals surface area contributed by atoms with Gasteiger partial charge in [0.25, 0.3) is 0 Å². The zero-order valence-electron chi connectivity index (χ0n) is 11.5. The number of aliphatic carboxylic acids is 1. The van der Waals surface area contributed by atoms with Crippen molar-refractivity contribution in [2.45, 2.75) is 30.6 Å². The van der Waals surface area contributed by atoms with Crippen LogP contribution < -0.4 is 0 Å². The Morgan fingerprint density at radius 2 is 2.43 bits per heavy atom. The third-order valence-corrected chi connectivity index (χ3v) is 4.86. The van der Waals surface area contributed by atoms with Crippen molar-refractivity contribution in [3.63, 3.8) is 0 Å². The third-order valence-electron chi connectivity index (χ3n) is 3.62. The van der Waals surface area contributed by atoms with Crippen LogP contribution in [0.4, 0.5) is 0 Å². The molecule has 1 aromatic heterocycles. The summed E-state index contributed by atoms with van der Waals surface area (Å²) in [5.41, 5.74) is 1.64. The molecule has 3 rings (SSSR count). The zero-order valence-corrected chi connectivity index (χ0v) is 13.0. The van der Waals surface area contributed by atoms with Crippen LogP contribution in [0.25, 0.3) is 11.0 Å². The van der Waals surface area contributed by atoms with Gasteiger partial charge in [0.15, 0.2) is 5.16 Å². The van der Waals surface area contributed by atoms with Crippen molar-refractivity contribution in [2.75, 3.05) is 12.4 Å². The Hall–Kier alpha value is -1.24. The summed E-state index contributed by atoms with van der Waals surface area (Å²) in [7, 11) is 0. The maximum Gasteiger partial charge on any atom is 0.313 e. The summed E-state index contributed by atoms with van der Waals surface area (Å²) < 4.78 is 7.69. The fourth-order valence-corrected chi connectivity index (χ4v) is 3.72. The van der Waals surface area contributed by atoms with Crippen LogP contribution in [0.1, 0.15) is 19.4 Å². The van der Waals surface area contributed by atoms with Crippen molar-refractivity contribution < 1.29 is 14.6 Å². The Bertz CT molecular complexity index is 688. The van der Waals surface area contributed by atoms with Crippen LogP contribution >= 0.6 is 23.4 Å². The monoisotopic (exact) mass is 326 g/mol. The Morgan fingerprint density at radius 3 is 3.10 bits per heavy atom. The second-order valence-electron chi connectivity index (χ2n) is 4.99. The number of rotatable bonds is 4. The first-order valence-electron chi connectivity index (χ1n) is 6.70. The van der Waals surface area contributed by atoms with E-state index < -0.39 is 5.97 Å². The number of fused-ring (bicyclic) bond motifs is 1. The van der Waals surface area contributed by atoms with Gasteiger partial charge in [-0.05, 0) is 25.5 Å². The van der Waals surface area contributed by atoms with Crippen molar-refractivity contribution in [1.82, 2.24) is 9.55 Å². The SMILES string of the molecule is CC1OCCC1n1c(SCC(=O)O)nc2cccc(Cl)c21. The molecule has 0 bridgehead atoms. The Morgan fingerprint density at radius 1 is 1.62 bits per heavy atom. The largest absolute Gasteiger partial charge is 0.481 e. The number of aromatic nitrogens is 2. The number of benzene rings is 1. The molecule has 0 radical (unpaired) electrons. The fourth-order valence-electron chi connectivity index (χ4n) is 2.68. The van der Waals surface area contributed by atoms with E-state index in [0.29, 0.717) is 16.8 Å². The van der Waals surface area contributed by atoms with Gasteiger partial charge in [-0.1, -0.05) is 29.4 Å². The Balaban J connectivity index is 2.12. The lowest BCUT2D eigenvalue weighted by atomic mass is 10.1. The van der Waals surface area contributed by atoms with E-state index in [1.165, 1.54) is 11.8 Å². The van der Waals surface area contributed by atoms with E-state index in [1.54, 1.807) is 0 Å². The van der Waals surface area contributed by atoms with Crippen molar-refractivity contribution in [3.05, 3.63) is 23.2 Å². The van der Waals surface area contributed by atoms with E-state index in [2.05, 4.69) is 4.98 Å². The van der Waals surface area contributed by atoms with E-state index in [4.69, 9.17) is 21.4 Å². The van der Waals surface area contributed by atoms with E-state index in [0.717, 1.165) is 17.5 Å². The molecule has 2 unspecified atom stereocenters. The molecule has 1 aliphatic heterocycles. The van der Waals surface area contributed by atoms with Gasteiger partial charge in [-0.2, -0.15) is 0 Å². The molecule has 0 spiro atoms. The number of para-hydroxylation sites is 1. The quantitative estimate of drug-likeness (QED) is 0.874. The summed E-state index contributed by atoms with van der Waals surface area (Å²) in [4.78, 5) is 15.4. The number of carbonyl (C=O) groups is 1. The first kappa shape index (κ1) is 14.7. The standard InChI is InChI=1S/C14H15ClN2O3S/c1-8-11(5-6-20-8)17-13-9(15)3-2-4-10(13)16-14(17)21-7-12(18)19/h2-4,8,11H,5-7H2,1H3,(H,18,19). The topological polar surface area (TPSA) is 64.3 Å². The molecule has 0 saturated carbocycles. The minimum atomic E-state index is -0.861. The molecule has 5 nitrogen and oxygen atoms in total. The molecule has 1 fully saturated rings. The molecule has 0 amide bonds. The highest BCUT2D eigenvalue weighted by Crippen LogP contribution is 2.37. The van der Waals surface area contributed by atoms with Gasteiger partial charge in [0.05, 0.1) is 34.0 Å². The van der Waals surface area contributed by atoms with Gasteiger partial charge in [0.2, 0.25) is 0 Å². The minimum absolute atomic E-state index is 0.0249. The highest BCUT2D eigenvalue weighted by molar-refractivity contribution is 7.99. The lowest BCUT2D eigenvalue weighted by Crippen LogP contribution is -2.18. The molecular weight excluding hydrogens is 312 g/mol. The van der Waals surface area contributed by atoms with Gasteiger partial charge in [-0.25, -0.2) is 4.98 Å². The molecule has 7 heteroatoms. The highest BCUT2D eigenvalue weighted by atomic mass is 35.5. The molecule has 112 valence electrons. The molecule has 0 aliphatic carbocycles. The van der Waals surface area contributed by atoms with E-state index >= 15 is 0 Å². The number of hydrogen-bond acceptors (Lipinski definition) is 4. The smallest absolute Gasteiger partial charge is 0.313 e. The van der Waals surface area contributed by atoms with Crippen LogP contribution in [-0.4, -0.2) is 39.1 Å². The first-order chi connectivity index (χ1) is 10.1. The van der Waals surface area contributed by atoms with Crippen molar-refractivity contribution in [2.24, 2.45) is 0 Å². The second-order valence-corrected chi connectivity index (χ2v) is 6.34. The van der Waals surface area contributed by atoms with Crippen LogP contribution in [0, 0.1) is 0 Å². The molecule has 1 aliphatic rings. The van der Waals surface area contributed by atoms with Gasteiger partial charge < -0.3 is 14.4 Å². The first-order valence-corrected chi connectivity index (χ1v) is 8.07. The van der Waals surface area contributed by atoms with E-state index in [9.17, 15) is 4.79 Å². The lowest BCUT2D eigenvalue weighted by Gasteiger charge is -2.19. The molecule has 1 saturated heterocycles. The molecule has 21 heavy (non-hydrogen) atoms. The van der Waals surface area contributed by atoms with Crippen LogP contribution in [0.2, 0.25) is 5.02 Å². The molecular formula is C14H15ClN2O3S. The average molecular weight is 327 g/mol. The predicted molar refractivity (Wildman–Crippen MR) is 82.2 cm³/mol. The van der Waals surface area contributed by atoms with E-state index in [1.807, 2.05) is 29.7 Å². The van der Waals surface area contributed by atoms with Crippen molar-refractivity contribution in [1.29, 1.82) is 0 Å². The molecule has 2 heterocycles. The Labute approximate surface area is 131 Å². The number of carboxylic acids is 1. The molecule has 2 aromatic rings. The molecule has 1 aromatic carbocycles. The van der Waals surface area contributed by atoms with Crippen LogP contribution in [0.15, 0.2) is 23.4 Å². The number of nitrogens with zero attached hydrogens (tertiary/aromatic N) is 2. The number of hydrogen-bond donors (Lipinski definition) is 1. The van der Waals surface area contributed by atoms with Crippen LogP contribution in [0.5, 0.6) is 0 Å². The van der Waals surface area contributed by atoms with Crippen molar-refractivity contribution >= 4 is 40.4 Å². The number of carboxylic acid groups (broad SMARTS) is 1. The van der Waals surface area contributed by atoms with E-state index in [-0.39, 0.29) is 17.9 Å². The number of halogens is 1. The maximum atomic E-state index is 10.8. The summed E-state index contributed by atoms with van der Waals surface area (Å²) in [6, 6.07) is 5.70. The Kier molecular flexibility index (Phi) is 4.10. The zero-order chi connectivity index (χ0) is 15.0.